The molecule has 2 aliphatic rings. The Kier molecular flexibility index (Phi) is 4.76. The van der Waals surface area contributed by atoms with Crippen LogP contribution in [-0.2, 0) is 4.79 Å². The Morgan fingerprint density at radius 2 is 2.08 bits per heavy atom. The highest BCUT2D eigenvalue weighted by Crippen LogP contribution is 2.38. The first kappa shape index (κ1) is 17.2. The van der Waals surface area contributed by atoms with Gasteiger partial charge in [-0.1, -0.05) is 23.9 Å². The van der Waals surface area contributed by atoms with Crippen molar-refractivity contribution >= 4 is 17.7 Å². The Morgan fingerprint density at radius 3 is 2.85 bits per heavy atom. The number of carbonyl (C=O) groups is 1. The van der Waals surface area contributed by atoms with Gasteiger partial charge in [-0.3, -0.25) is 4.79 Å². The number of aryl methyl sites for hydroxylation is 1. The first-order valence-electron chi connectivity index (χ1n) is 8.78. The van der Waals surface area contributed by atoms with E-state index in [9.17, 15) is 4.79 Å². The minimum atomic E-state index is -0.166. The van der Waals surface area contributed by atoms with Gasteiger partial charge in [0.15, 0.2) is 22.8 Å². The molecule has 1 aromatic carbocycles. The molecule has 1 amide bonds. The number of benzene rings is 1. The van der Waals surface area contributed by atoms with Gasteiger partial charge < -0.3 is 18.9 Å². The molecule has 0 N–H and O–H groups in total. The van der Waals surface area contributed by atoms with Crippen molar-refractivity contribution in [3.05, 3.63) is 30.1 Å². The molecule has 7 nitrogen and oxygen atoms in total. The number of fused-ring (bicyclic) bond motifs is 1. The summed E-state index contributed by atoms with van der Waals surface area (Å²) in [5, 5.41) is 9.19. The Labute approximate surface area is 156 Å². The summed E-state index contributed by atoms with van der Waals surface area (Å²) < 4.78 is 13.8. The Hall–Kier alpha value is -2.22. The smallest absolute Gasteiger partial charge is 0.232 e. The molecule has 138 valence electrons. The van der Waals surface area contributed by atoms with Crippen molar-refractivity contribution in [2.75, 3.05) is 26.0 Å². The zero-order chi connectivity index (χ0) is 18.1. The number of rotatable bonds is 6. The maximum absolute atomic E-state index is 12.5. The van der Waals surface area contributed by atoms with Crippen molar-refractivity contribution in [2.24, 2.45) is 0 Å². The predicted octanol–water partition coefficient (Wildman–Crippen LogP) is 2.31. The van der Waals surface area contributed by atoms with Gasteiger partial charge in [0, 0.05) is 13.1 Å². The summed E-state index contributed by atoms with van der Waals surface area (Å²) in [5.74, 6) is 2.78. The highest BCUT2D eigenvalue weighted by molar-refractivity contribution is 7.99. The lowest BCUT2D eigenvalue weighted by atomic mass is 10.2. The van der Waals surface area contributed by atoms with Crippen LogP contribution in [0.5, 0.6) is 11.5 Å². The minimum absolute atomic E-state index is 0.0421. The molecule has 0 saturated heterocycles. The number of ether oxygens (including phenoxy) is 2. The van der Waals surface area contributed by atoms with Gasteiger partial charge in [0.25, 0.3) is 0 Å². The normalized spacial score (nSPS) is 18.6. The first-order valence-corrected chi connectivity index (χ1v) is 9.77. The van der Waals surface area contributed by atoms with Gasteiger partial charge in [0.1, 0.15) is 12.4 Å². The number of nitrogens with zero attached hydrogens (tertiary/aromatic N) is 4. The topological polar surface area (TPSA) is 69.5 Å². The SMILES string of the molecule is Cc1nnc(SCC(=O)N(C)C[C@@H]2COc3ccccc3O2)n1C1CC1. The number of thioether (sulfide) groups is 1. The molecular formula is C18H22N4O3S. The molecule has 0 spiro atoms. The zero-order valence-corrected chi connectivity index (χ0v) is 15.7. The van der Waals surface area contributed by atoms with Crippen molar-refractivity contribution in [3.8, 4) is 11.5 Å². The first-order chi connectivity index (χ1) is 12.6. The number of hydrogen-bond donors (Lipinski definition) is 0. The van der Waals surface area contributed by atoms with E-state index in [1.807, 2.05) is 31.2 Å². The summed E-state index contributed by atoms with van der Waals surface area (Å²) in [5.41, 5.74) is 0. The largest absolute Gasteiger partial charge is 0.486 e. The van der Waals surface area contributed by atoms with Crippen molar-refractivity contribution < 1.29 is 14.3 Å². The molecule has 2 heterocycles. The lowest BCUT2D eigenvalue weighted by Gasteiger charge is -2.29. The second-order valence-corrected chi connectivity index (χ2v) is 7.63. The molecule has 1 aromatic heterocycles. The molecule has 1 atom stereocenters. The Bertz CT molecular complexity index is 805. The molecular weight excluding hydrogens is 352 g/mol. The van der Waals surface area contributed by atoms with E-state index in [0.717, 1.165) is 22.5 Å². The van der Waals surface area contributed by atoms with Crippen LogP contribution in [0.4, 0.5) is 0 Å². The van der Waals surface area contributed by atoms with Crippen LogP contribution in [-0.4, -0.2) is 57.6 Å². The number of aromatic nitrogens is 3. The average Bonchev–Trinajstić information content (AvgIpc) is 3.42. The van der Waals surface area contributed by atoms with E-state index >= 15 is 0 Å². The summed E-state index contributed by atoms with van der Waals surface area (Å²) >= 11 is 1.45. The molecule has 1 aliphatic heterocycles. The van der Waals surface area contributed by atoms with E-state index in [1.165, 1.54) is 24.6 Å². The molecule has 0 unspecified atom stereocenters. The van der Waals surface area contributed by atoms with Crippen molar-refractivity contribution in [1.29, 1.82) is 0 Å². The fraction of sp³-hybridized carbons (Fsp3) is 0.500. The lowest BCUT2D eigenvalue weighted by molar-refractivity contribution is -0.128. The second-order valence-electron chi connectivity index (χ2n) is 6.69. The summed E-state index contributed by atoms with van der Waals surface area (Å²) in [6.45, 7) is 2.89. The number of likely N-dealkylation sites (N-methyl/N-ethyl adjacent to an activating group) is 1. The van der Waals surface area contributed by atoms with Gasteiger partial charge in [0.2, 0.25) is 5.91 Å². The number of carbonyl (C=O) groups excluding carboxylic acids is 1. The molecule has 0 bridgehead atoms. The summed E-state index contributed by atoms with van der Waals surface area (Å²) in [6, 6.07) is 8.10. The van der Waals surface area contributed by atoms with E-state index in [-0.39, 0.29) is 12.0 Å². The standard InChI is InChI=1S/C18H22N4O3S/c1-12-19-20-18(22(12)13-7-8-13)26-11-17(23)21(2)9-14-10-24-15-5-3-4-6-16(15)25-14/h3-6,13-14H,7-11H2,1-2H3/t14-/m1/s1. The second kappa shape index (κ2) is 7.19. The third-order valence-corrected chi connectivity index (χ3v) is 5.47. The third kappa shape index (κ3) is 3.65. The van der Waals surface area contributed by atoms with Crippen LogP contribution < -0.4 is 9.47 Å². The maximum atomic E-state index is 12.5. The van der Waals surface area contributed by atoms with E-state index in [4.69, 9.17) is 9.47 Å². The zero-order valence-electron chi connectivity index (χ0n) is 14.9. The van der Waals surface area contributed by atoms with E-state index in [2.05, 4.69) is 14.8 Å². The van der Waals surface area contributed by atoms with Crippen LogP contribution in [0.3, 0.4) is 0 Å². The average molecular weight is 374 g/mol. The minimum Gasteiger partial charge on any atom is -0.486 e. The highest BCUT2D eigenvalue weighted by Gasteiger charge is 2.29. The van der Waals surface area contributed by atoms with Gasteiger partial charge in [-0.15, -0.1) is 10.2 Å². The van der Waals surface area contributed by atoms with Crippen molar-refractivity contribution in [3.63, 3.8) is 0 Å². The molecule has 0 radical (unpaired) electrons. The van der Waals surface area contributed by atoms with Crippen LogP contribution in [0.2, 0.25) is 0 Å². The Balaban J connectivity index is 1.30. The summed E-state index contributed by atoms with van der Waals surface area (Å²) in [7, 11) is 1.80. The van der Waals surface area contributed by atoms with Crippen LogP contribution in [0.15, 0.2) is 29.4 Å². The van der Waals surface area contributed by atoms with Crippen molar-refractivity contribution in [2.45, 2.75) is 37.1 Å². The Morgan fingerprint density at radius 1 is 1.31 bits per heavy atom. The number of para-hydroxylation sites is 2. The number of hydrogen-bond acceptors (Lipinski definition) is 6. The monoisotopic (exact) mass is 374 g/mol. The number of amides is 1. The summed E-state index contributed by atoms with van der Waals surface area (Å²) in [6.07, 6.45) is 2.17. The third-order valence-electron chi connectivity index (χ3n) is 4.54. The van der Waals surface area contributed by atoms with E-state index in [1.54, 1.807) is 11.9 Å². The van der Waals surface area contributed by atoms with Gasteiger partial charge in [-0.05, 0) is 31.9 Å². The summed E-state index contributed by atoms with van der Waals surface area (Å²) in [4.78, 5) is 14.2. The lowest BCUT2D eigenvalue weighted by Crippen LogP contribution is -2.42. The van der Waals surface area contributed by atoms with Gasteiger partial charge in [0.05, 0.1) is 12.3 Å². The molecule has 1 fully saturated rings. The quantitative estimate of drug-likeness (QED) is 0.723. The van der Waals surface area contributed by atoms with Crippen LogP contribution in [0.25, 0.3) is 0 Å². The highest BCUT2D eigenvalue weighted by atomic mass is 32.2. The molecule has 2 aromatic rings. The van der Waals surface area contributed by atoms with E-state index < -0.39 is 0 Å². The van der Waals surface area contributed by atoms with E-state index in [0.29, 0.717) is 24.9 Å². The van der Waals surface area contributed by atoms with Crippen LogP contribution in [0.1, 0.15) is 24.7 Å². The fourth-order valence-electron chi connectivity index (χ4n) is 3.00. The van der Waals surface area contributed by atoms with Gasteiger partial charge in [-0.25, -0.2) is 0 Å². The van der Waals surface area contributed by atoms with Gasteiger partial charge >= 0.3 is 0 Å². The maximum Gasteiger partial charge on any atom is 0.232 e. The van der Waals surface area contributed by atoms with Crippen LogP contribution >= 0.6 is 11.8 Å². The van der Waals surface area contributed by atoms with Gasteiger partial charge in [-0.2, -0.15) is 0 Å². The van der Waals surface area contributed by atoms with Crippen LogP contribution in [0, 0.1) is 6.92 Å². The molecule has 1 saturated carbocycles. The molecule has 26 heavy (non-hydrogen) atoms. The predicted molar refractivity (Wildman–Crippen MR) is 97.7 cm³/mol. The van der Waals surface area contributed by atoms with Crippen molar-refractivity contribution in [1.82, 2.24) is 19.7 Å². The molecule has 8 heteroatoms. The fourth-order valence-corrected chi connectivity index (χ4v) is 3.99. The molecule has 1 aliphatic carbocycles. The molecule has 4 rings (SSSR count).